The fraction of sp³-hybridized carbons (Fsp3) is 0.316. The zero-order valence-corrected chi connectivity index (χ0v) is 17.3. The van der Waals surface area contributed by atoms with Gasteiger partial charge in [-0.2, -0.15) is 0 Å². The second-order valence-electron chi connectivity index (χ2n) is 6.46. The van der Waals surface area contributed by atoms with Crippen molar-refractivity contribution in [3.05, 3.63) is 57.5 Å². The van der Waals surface area contributed by atoms with Crippen molar-refractivity contribution < 1.29 is 14.4 Å². The molecule has 150 valence electrons. The lowest BCUT2D eigenvalue weighted by Crippen LogP contribution is -2.18. The highest BCUT2D eigenvalue weighted by Gasteiger charge is 2.23. The first-order valence-electron chi connectivity index (χ1n) is 9.09. The summed E-state index contributed by atoms with van der Waals surface area (Å²) in [7, 11) is 0. The number of amides is 1. The number of ether oxygens (including phenoxy) is 1. The van der Waals surface area contributed by atoms with Crippen LogP contribution in [0.4, 0.5) is 5.13 Å². The van der Waals surface area contributed by atoms with Gasteiger partial charge in [-0.3, -0.25) is 10.1 Å². The Kier molecular flexibility index (Phi) is 6.23. The quantitative estimate of drug-likeness (QED) is 0.414. The van der Waals surface area contributed by atoms with Crippen molar-refractivity contribution in [2.45, 2.75) is 32.5 Å². The van der Waals surface area contributed by atoms with Crippen LogP contribution in [0.2, 0.25) is 0 Å². The second-order valence-corrected chi connectivity index (χ2v) is 8.28. The number of aromatic nitrogens is 3. The summed E-state index contributed by atoms with van der Waals surface area (Å²) >= 11 is 2.65. The maximum absolute atomic E-state index is 11.8. The molecule has 1 amide bonds. The normalized spacial score (nSPS) is 14.0. The maximum Gasteiger partial charge on any atom is 0.252 e. The van der Waals surface area contributed by atoms with E-state index in [4.69, 9.17) is 9.57 Å². The topological polar surface area (TPSA) is 98.6 Å². The van der Waals surface area contributed by atoms with Crippen LogP contribution in [-0.2, 0) is 21.0 Å². The van der Waals surface area contributed by atoms with E-state index in [0.717, 1.165) is 23.3 Å². The minimum absolute atomic E-state index is 0.0574. The van der Waals surface area contributed by atoms with Crippen LogP contribution in [0.3, 0.4) is 0 Å². The molecule has 10 heteroatoms. The largest absolute Gasteiger partial charge is 0.389 e. The summed E-state index contributed by atoms with van der Waals surface area (Å²) in [6.07, 6.45) is 2.32. The van der Waals surface area contributed by atoms with Gasteiger partial charge in [0.25, 0.3) is 5.91 Å². The van der Waals surface area contributed by atoms with E-state index in [-0.39, 0.29) is 25.2 Å². The number of carbonyl (C=O) groups excluding carboxylic acids is 1. The molecule has 0 spiro atoms. The number of nitrogens with one attached hydrogen (secondary N) is 1. The summed E-state index contributed by atoms with van der Waals surface area (Å²) in [4.78, 5) is 22.7. The van der Waals surface area contributed by atoms with Gasteiger partial charge in [0, 0.05) is 10.9 Å². The molecule has 3 aromatic rings. The van der Waals surface area contributed by atoms with Gasteiger partial charge >= 0.3 is 0 Å². The summed E-state index contributed by atoms with van der Waals surface area (Å²) in [6.45, 7) is 2.18. The lowest BCUT2D eigenvalue weighted by molar-refractivity contribution is -0.121. The number of carbonyl (C=O) groups is 1. The first kappa shape index (κ1) is 19.6. The molecule has 0 unspecified atom stereocenters. The molecule has 0 aliphatic heterocycles. The number of nitrogens with zero attached hydrogens (tertiary/aromatic N) is 4. The number of thiazole rings is 1. The molecule has 2 aromatic heterocycles. The molecule has 8 nitrogen and oxygen atoms in total. The smallest absolute Gasteiger partial charge is 0.252 e. The molecule has 29 heavy (non-hydrogen) atoms. The van der Waals surface area contributed by atoms with Crippen LogP contribution >= 0.6 is 22.9 Å². The van der Waals surface area contributed by atoms with Crippen LogP contribution in [0.15, 0.2) is 40.9 Å². The molecule has 0 radical (unpaired) electrons. The van der Waals surface area contributed by atoms with Gasteiger partial charge in [0.15, 0.2) is 11.7 Å². The fourth-order valence-corrected chi connectivity index (χ4v) is 3.64. The number of anilines is 1. The van der Waals surface area contributed by atoms with Crippen molar-refractivity contribution >= 4 is 39.6 Å². The third-order valence-electron chi connectivity index (χ3n) is 4.06. The van der Waals surface area contributed by atoms with E-state index in [0.29, 0.717) is 22.2 Å². The highest BCUT2D eigenvalue weighted by atomic mass is 32.1. The highest BCUT2D eigenvalue weighted by Crippen LogP contribution is 2.23. The molecule has 0 atom stereocenters. The Bertz CT molecular complexity index is 998. The summed E-state index contributed by atoms with van der Waals surface area (Å²) in [5, 5.41) is 13.5. The van der Waals surface area contributed by atoms with Crippen molar-refractivity contribution in [2.75, 3.05) is 11.9 Å². The van der Waals surface area contributed by atoms with Crippen LogP contribution in [0, 0.1) is 6.92 Å². The minimum Gasteiger partial charge on any atom is -0.389 e. The van der Waals surface area contributed by atoms with Crippen LogP contribution < -0.4 is 5.32 Å². The minimum atomic E-state index is -0.199. The Morgan fingerprint density at radius 1 is 1.31 bits per heavy atom. The molecule has 2 heterocycles. The van der Waals surface area contributed by atoms with Crippen LogP contribution in [0.1, 0.15) is 34.7 Å². The summed E-state index contributed by atoms with van der Waals surface area (Å²) in [5.74, 6) is -0.199. The van der Waals surface area contributed by atoms with Gasteiger partial charge in [-0.1, -0.05) is 40.0 Å². The third-order valence-corrected chi connectivity index (χ3v) is 5.50. The monoisotopic (exact) mass is 429 g/mol. The fourth-order valence-electron chi connectivity index (χ4n) is 2.46. The van der Waals surface area contributed by atoms with E-state index in [2.05, 4.69) is 25.0 Å². The van der Waals surface area contributed by atoms with Crippen molar-refractivity contribution in [3.63, 3.8) is 0 Å². The Labute approximate surface area is 175 Å². The molecule has 1 N–H and O–H groups in total. The third kappa shape index (κ3) is 5.43. The molecular formula is C19H19N5O3S2. The standard InChI is InChI=1S/C19H19N5O3S2/c1-12-17(22-24-29-12)18(13-5-3-2-4-6-13)23-27-9-14-11-28-19(20-14)21-16(25)10-26-15-7-8-15/h2-6,11,15H,7-10H2,1H3,(H,20,21,25)/b23-18+. The molecular weight excluding hydrogens is 410 g/mol. The van der Waals surface area contributed by atoms with Gasteiger partial charge in [0.1, 0.15) is 18.0 Å². The molecule has 1 fully saturated rings. The van der Waals surface area contributed by atoms with E-state index in [1.807, 2.05) is 42.6 Å². The lowest BCUT2D eigenvalue weighted by Gasteiger charge is -2.05. The molecule has 1 aromatic carbocycles. The number of aryl methyl sites for hydroxylation is 1. The van der Waals surface area contributed by atoms with E-state index >= 15 is 0 Å². The average Bonchev–Trinajstić information content (AvgIpc) is 3.32. The van der Waals surface area contributed by atoms with Crippen LogP contribution in [-0.4, -0.2) is 38.9 Å². The molecule has 0 bridgehead atoms. The molecule has 1 aliphatic carbocycles. The SMILES string of the molecule is Cc1snnc1/C(=N/OCc1csc(NC(=O)COC2CC2)n1)c1ccccc1. The number of oxime groups is 1. The number of hydrogen-bond acceptors (Lipinski definition) is 9. The van der Waals surface area contributed by atoms with Crippen molar-refractivity contribution in [1.82, 2.24) is 14.6 Å². The number of benzene rings is 1. The Hall–Kier alpha value is -2.69. The van der Waals surface area contributed by atoms with Gasteiger partial charge in [0.2, 0.25) is 0 Å². The van der Waals surface area contributed by atoms with Gasteiger partial charge in [-0.15, -0.1) is 16.4 Å². The molecule has 4 rings (SSSR count). The molecule has 0 saturated heterocycles. The first-order chi connectivity index (χ1) is 14.2. The van der Waals surface area contributed by atoms with E-state index in [1.165, 1.54) is 22.9 Å². The van der Waals surface area contributed by atoms with Crippen LogP contribution in [0.25, 0.3) is 0 Å². The van der Waals surface area contributed by atoms with Crippen molar-refractivity contribution in [2.24, 2.45) is 5.16 Å². The van der Waals surface area contributed by atoms with Gasteiger partial charge in [-0.05, 0) is 31.3 Å². The van der Waals surface area contributed by atoms with E-state index < -0.39 is 0 Å². The first-order valence-corrected chi connectivity index (χ1v) is 10.7. The Morgan fingerprint density at radius 3 is 2.86 bits per heavy atom. The maximum atomic E-state index is 11.8. The van der Waals surface area contributed by atoms with E-state index in [1.54, 1.807) is 0 Å². The number of hydrogen-bond donors (Lipinski definition) is 1. The highest BCUT2D eigenvalue weighted by molar-refractivity contribution is 7.13. The predicted octanol–water partition coefficient (Wildman–Crippen LogP) is 3.39. The van der Waals surface area contributed by atoms with Crippen molar-refractivity contribution in [1.29, 1.82) is 0 Å². The Balaban J connectivity index is 1.38. The van der Waals surface area contributed by atoms with Crippen molar-refractivity contribution in [3.8, 4) is 0 Å². The number of rotatable bonds is 9. The summed E-state index contributed by atoms with van der Waals surface area (Å²) in [6, 6.07) is 9.70. The zero-order valence-electron chi connectivity index (χ0n) is 15.7. The second kappa shape index (κ2) is 9.21. The molecule has 1 saturated carbocycles. The average molecular weight is 430 g/mol. The zero-order chi connectivity index (χ0) is 20.1. The van der Waals surface area contributed by atoms with Gasteiger partial charge < -0.3 is 9.57 Å². The summed E-state index contributed by atoms with van der Waals surface area (Å²) < 4.78 is 9.37. The van der Waals surface area contributed by atoms with Crippen LogP contribution in [0.5, 0.6) is 0 Å². The van der Waals surface area contributed by atoms with Gasteiger partial charge in [-0.25, -0.2) is 4.98 Å². The van der Waals surface area contributed by atoms with E-state index in [9.17, 15) is 4.79 Å². The Morgan fingerprint density at radius 2 is 2.14 bits per heavy atom. The van der Waals surface area contributed by atoms with Gasteiger partial charge in [0.05, 0.1) is 16.7 Å². The summed E-state index contributed by atoms with van der Waals surface area (Å²) in [5.41, 5.74) is 2.89. The predicted molar refractivity (Wildman–Crippen MR) is 111 cm³/mol. The molecule has 1 aliphatic rings. The lowest BCUT2D eigenvalue weighted by atomic mass is 10.1.